The highest BCUT2D eigenvalue weighted by molar-refractivity contribution is 6.23. The molecule has 4 amide bonds. The van der Waals surface area contributed by atoms with Crippen molar-refractivity contribution in [2.24, 2.45) is 0 Å². The highest BCUT2D eigenvalue weighted by Crippen LogP contribution is 2.28. The second-order valence-corrected chi connectivity index (χ2v) is 7.78. The van der Waals surface area contributed by atoms with Gasteiger partial charge in [0, 0.05) is 26.1 Å². The SMILES string of the molecule is CNCc1ccc(CNCc2ccc3c(c2)C(=O)N(C2CCC(=O)NC2=O)C3=O)cc1. The van der Waals surface area contributed by atoms with Crippen LogP contribution in [0.3, 0.4) is 0 Å². The second-order valence-electron chi connectivity index (χ2n) is 7.78. The fraction of sp³-hybridized carbons (Fsp3) is 0.304. The molecule has 1 unspecified atom stereocenters. The molecule has 0 aliphatic carbocycles. The zero-order valence-corrected chi connectivity index (χ0v) is 17.2. The lowest BCUT2D eigenvalue weighted by atomic mass is 10.0. The third-order valence-corrected chi connectivity index (χ3v) is 5.57. The molecule has 2 aromatic carbocycles. The summed E-state index contributed by atoms with van der Waals surface area (Å²) in [7, 11) is 1.91. The number of nitrogens with one attached hydrogen (secondary N) is 3. The molecule has 0 bridgehead atoms. The van der Waals surface area contributed by atoms with Crippen LogP contribution in [0.5, 0.6) is 0 Å². The van der Waals surface area contributed by atoms with E-state index in [4.69, 9.17) is 0 Å². The van der Waals surface area contributed by atoms with E-state index < -0.39 is 23.8 Å². The minimum Gasteiger partial charge on any atom is -0.316 e. The highest BCUT2D eigenvalue weighted by Gasteiger charge is 2.44. The minimum atomic E-state index is -0.947. The number of imide groups is 2. The third-order valence-electron chi connectivity index (χ3n) is 5.57. The lowest BCUT2D eigenvalue weighted by Gasteiger charge is -2.27. The van der Waals surface area contributed by atoms with Crippen LogP contribution in [0.15, 0.2) is 42.5 Å². The van der Waals surface area contributed by atoms with E-state index in [0.717, 1.165) is 22.6 Å². The molecule has 1 saturated heterocycles. The van der Waals surface area contributed by atoms with E-state index in [1.807, 2.05) is 7.05 Å². The summed E-state index contributed by atoms with van der Waals surface area (Å²) in [4.78, 5) is 50.1. The van der Waals surface area contributed by atoms with Gasteiger partial charge < -0.3 is 10.6 Å². The largest absolute Gasteiger partial charge is 0.316 e. The summed E-state index contributed by atoms with van der Waals surface area (Å²) in [5.74, 6) is -1.97. The van der Waals surface area contributed by atoms with Crippen molar-refractivity contribution in [2.45, 2.75) is 38.5 Å². The van der Waals surface area contributed by atoms with Gasteiger partial charge in [0.15, 0.2) is 0 Å². The summed E-state index contributed by atoms with van der Waals surface area (Å²) >= 11 is 0. The van der Waals surface area contributed by atoms with Gasteiger partial charge in [-0.1, -0.05) is 30.3 Å². The zero-order valence-electron chi connectivity index (χ0n) is 17.2. The van der Waals surface area contributed by atoms with Crippen LogP contribution in [-0.4, -0.2) is 41.6 Å². The smallest absolute Gasteiger partial charge is 0.262 e. The lowest BCUT2D eigenvalue weighted by Crippen LogP contribution is -2.54. The number of carbonyl (C=O) groups excluding carboxylic acids is 4. The van der Waals surface area contributed by atoms with Gasteiger partial charge in [-0.2, -0.15) is 0 Å². The molecule has 160 valence electrons. The molecule has 8 nitrogen and oxygen atoms in total. The van der Waals surface area contributed by atoms with Crippen molar-refractivity contribution in [2.75, 3.05) is 7.05 Å². The Hall–Kier alpha value is -3.36. The van der Waals surface area contributed by atoms with Crippen molar-refractivity contribution in [1.82, 2.24) is 20.9 Å². The maximum absolute atomic E-state index is 12.9. The van der Waals surface area contributed by atoms with Crippen molar-refractivity contribution in [3.63, 3.8) is 0 Å². The Morgan fingerprint density at radius 3 is 2.16 bits per heavy atom. The summed E-state index contributed by atoms with van der Waals surface area (Å²) in [5.41, 5.74) is 3.82. The maximum atomic E-state index is 12.9. The lowest BCUT2D eigenvalue weighted by molar-refractivity contribution is -0.136. The molecule has 2 aliphatic heterocycles. The molecule has 2 aromatic rings. The van der Waals surface area contributed by atoms with Crippen LogP contribution in [-0.2, 0) is 29.2 Å². The number of rotatable bonds is 7. The average molecular weight is 420 g/mol. The van der Waals surface area contributed by atoms with Gasteiger partial charge in [0.2, 0.25) is 11.8 Å². The Bertz CT molecular complexity index is 1050. The fourth-order valence-electron chi connectivity index (χ4n) is 3.96. The van der Waals surface area contributed by atoms with Crippen LogP contribution in [0.1, 0.15) is 50.2 Å². The van der Waals surface area contributed by atoms with Crippen molar-refractivity contribution >= 4 is 23.6 Å². The summed E-state index contributed by atoms with van der Waals surface area (Å²) in [6.45, 7) is 2.03. The number of carbonyl (C=O) groups is 4. The first-order valence-electron chi connectivity index (χ1n) is 10.3. The van der Waals surface area contributed by atoms with E-state index in [0.29, 0.717) is 24.2 Å². The molecule has 0 radical (unpaired) electrons. The average Bonchev–Trinajstić information content (AvgIpc) is 3.00. The molecule has 2 heterocycles. The van der Waals surface area contributed by atoms with Gasteiger partial charge in [0.25, 0.3) is 11.8 Å². The monoisotopic (exact) mass is 420 g/mol. The summed E-state index contributed by atoms with van der Waals surface area (Å²) in [5, 5.41) is 8.66. The Kier molecular flexibility index (Phi) is 5.92. The molecule has 1 fully saturated rings. The van der Waals surface area contributed by atoms with E-state index in [9.17, 15) is 19.2 Å². The Morgan fingerprint density at radius 2 is 1.48 bits per heavy atom. The molecule has 0 saturated carbocycles. The van der Waals surface area contributed by atoms with Crippen molar-refractivity contribution < 1.29 is 19.2 Å². The van der Waals surface area contributed by atoms with Gasteiger partial charge in [-0.15, -0.1) is 0 Å². The highest BCUT2D eigenvalue weighted by atomic mass is 16.2. The maximum Gasteiger partial charge on any atom is 0.262 e. The number of amides is 4. The van der Waals surface area contributed by atoms with Gasteiger partial charge in [-0.3, -0.25) is 29.4 Å². The molecule has 3 N–H and O–H groups in total. The first kappa shape index (κ1) is 20.9. The summed E-state index contributed by atoms with van der Waals surface area (Å²) < 4.78 is 0. The van der Waals surface area contributed by atoms with Crippen LogP contribution in [0.4, 0.5) is 0 Å². The second kappa shape index (κ2) is 8.79. The normalized spacial score (nSPS) is 18.4. The van der Waals surface area contributed by atoms with Crippen LogP contribution >= 0.6 is 0 Å². The van der Waals surface area contributed by atoms with Crippen molar-refractivity contribution in [3.05, 3.63) is 70.3 Å². The molecule has 1 atom stereocenters. The molecule has 0 aromatic heterocycles. The quantitative estimate of drug-likeness (QED) is 0.579. The first-order chi connectivity index (χ1) is 15.0. The topological polar surface area (TPSA) is 108 Å². The molecule has 0 spiro atoms. The molecular formula is C23H24N4O4. The Labute approximate surface area is 180 Å². The number of hydrogen-bond donors (Lipinski definition) is 3. The standard InChI is InChI=1S/C23H24N4O4/c1-24-11-14-2-4-15(5-3-14)12-25-13-16-6-7-17-18(10-16)23(31)27(22(17)30)19-8-9-20(28)26-21(19)29/h2-7,10,19,24-25H,8-9,11-13H2,1H3,(H,26,28,29). The van der Waals surface area contributed by atoms with Gasteiger partial charge in [0.1, 0.15) is 6.04 Å². The van der Waals surface area contributed by atoms with E-state index in [1.54, 1.807) is 18.2 Å². The molecule has 4 rings (SSSR count). The Balaban J connectivity index is 1.41. The number of hydrogen-bond acceptors (Lipinski definition) is 6. The van der Waals surface area contributed by atoms with Crippen molar-refractivity contribution in [3.8, 4) is 0 Å². The van der Waals surface area contributed by atoms with Gasteiger partial charge in [-0.05, 0) is 42.3 Å². The molecule has 31 heavy (non-hydrogen) atoms. The van der Waals surface area contributed by atoms with Crippen molar-refractivity contribution in [1.29, 1.82) is 0 Å². The van der Waals surface area contributed by atoms with Gasteiger partial charge in [0.05, 0.1) is 11.1 Å². The first-order valence-corrected chi connectivity index (χ1v) is 10.3. The van der Waals surface area contributed by atoms with Gasteiger partial charge in [-0.25, -0.2) is 0 Å². The summed E-state index contributed by atoms with van der Waals surface area (Å²) in [6, 6.07) is 12.5. The fourth-order valence-corrected chi connectivity index (χ4v) is 3.96. The summed E-state index contributed by atoms with van der Waals surface area (Å²) in [6.07, 6.45) is 0.257. The predicted octanol–water partition coefficient (Wildman–Crippen LogP) is 1.10. The molecular weight excluding hydrogens is 396 g/mol. The number of nitrogens with zero attached hydrogens (tertiary/aromatic N) is 1. The minimum absolute atomic E-state index is 0.106. The van der Waals surface area contributed by atoms with E-state index in [-0.39, 0.29) is 18.7 Å². The molecule has 2 aliphatic rings. The predicted molar refractivity (Wildman–Crippen MR) is 113 cm³/mol. The van der Waals surface area contributed by atoms with Gasteiger partial charge >= 0.3 is 0 Å². The zero-order chi connectivity index (χ0) is 22.0. The third kappa shape index (κ3) is 4.26. The number of piperidine rings is 1. The van der Waals surface area contributed by atoms with E-state index in [1.165, 1.54) is 5.56 Å². The van der Waals surface area contributed by atoms with Crippen LogP contribution in [0, 0.1) is 0 Å². The van der Waals surface area contributed by atoms with E-state index >= 15 is 0 Å². The van der Waals surface area contributed by atoms with E-state index in [2.05, 4.69) is 40.2 Å². The number of benzene rings is 2. The van der Waals surface area contributed by atoms with Crippen LogP contribution < -0.4 is 16.0 Å². The van der Waals surface area contributed by atoms with Crippen LogP contribution in [0.2, 0.25) is 0 Å². The molecule has 8 heteroatoms. The number of fused-ring (bicyclic) bond motifs is 1. The Morgan fingerprint density at radius 1 is 0.871 bits per heavy atom. The van der Waals surface area contributed by atoms with Crippen LogP contribution in [0.25, 0.3) is 0 Å².